The van der Waals surface area contributed by atoms with Gasteiger partial charge in [0.2, 0.25) is 0 Å². The van der Waals surface area contributed by atoms with E-state index in [1.54, 1.807) is 0 Å². The Kier molecular flexibility index (Phi) is 5.38. The lowest BCUT2D eigenvalue weighted by Crippen LogP contribution is -2.43. The average molecular weight is 351 g/mol. The Bertz CT molecular complexity index is 356. The molecule has 1 fully saturated rings. The topological polar surface area (TPSA) is 56.1 Å². The number of hydrogen-bond acceptors (Lipinski definition) is 4. The minimum atomic E-state index is -0.318. The van der Waals surface area contributed by atoms with Crippen LogP contribution in [0.15, 0.2) is 12.4 Å². The predicted octanol–water partition coefficient (Wildman–Crippen LogP) is 1.59. The minimum Gasteiger partial charge on any atom is -0.462 e. The van der Waals surface area contributed by atoms with Gasteiger partial charge >= 0.3 is 0 Å². The maximum absolute atomic E-state index is 9.60. The molecule has 1 aliphatic rings. The third-order valence-corrected chi connectivity index (χ3v) is 2.66. The molecule has 1 saturated heterocycles. The number of aromatic nitrogens is 2. The van der Waals surface area contributed by atoms with Gasteiger partial charge in [-0.25, -0.2) is 0 Å². The van der Waals surface area contributed by atoms with E-state index >= 15 is 0 Å². The summed E-state index contributed by atoms with van der Waals surface area (Å²) in [5.74, 6) is 0. The highest BCUT2D eigenvalue weighted by Gasteiger charge is 2.18. The molecule has 0 aromatic carbocycles. The summed E-state index contributed by atoms with van der Waals surface area (Å²) < 4.78 is 7.79. The zero-order chi connectivity index (χ0) is 12.9. The van der Waals surface area contributed by atoms with E-state index in [-0.39, 0.29) is 5.60 Å². The highest BCUT2D eigenvalue weighted by Crippen LogP contribution is 2.11. The summed E-state index contributed by atoms with van der Waals surface area (Å²) in [5, 5.41) is 7.41. The fourth-order valence-electron chi connectivity index (χ4n) is 1.12. The summed E-state index contributed by atoms with van der Waals surface area (Å²) in [5.41, 5.74) is -0.318. The molecule has 2 rings (SSSR count). The lowest BCUT2D eigenvalue weighted by Gasteiger charge is -2.26. The monoisotopic (exact) mass is 351 g/mol. The Morgan fingerprint density at radius 2 is 2.24 bits per heavy atom. The van der Waals surface area contributed by atoms with Gasteiger partial charge in [0.05, 0.1) is 15.8 Å². The Morgan fingerprint density at radius 1 is 1.59 bits per heavy atom. The maximum Gasteiger partial charge on any atom is 0.293 e. The van der Waals surface area contributed by atoms with E-state index in [0.29, 0.717) is 12.5 Å². The van der Waals surface area contributed by atoms with Gasteiger partial charge in [0.15, 0.2) is 0 Å². The van der Waals surface area contributed by atoms with Gasteiger partial charge in [-0.05, 0) is 43.4 Å². The van der Waals surface area contributed by atoms with Crippen molar-refractivity contribution in [2.45, 2.75) is 32.4 Å². The molecule has 0 bridgehead atoms. The van der Waals surface area contributed by atoms with E-state index in [0.717, 1.165) is 13.1 Å². The molecule has 17 heavy (non-hydrogen) atoms. The molecule has 5 nitrogen and oxygen atoms in total. The first-order valence-electron chi connectivity index (χ1n) is 5.44. The molecule has 0 aliphatic carbocycles. The van der Waals surface area contributed by atoms with Gasteiger partial charge in [0, 0.05) is 19.3 Å². The first-order valence-corrected chi connectivity index (χ1v) is 6.52. The summed E-state index contributed by atoms with van der Waals surface area (Å²) >= 11 is 2.27. The van der Waals surface area contributed by atoms with E-state index in [1.165, 1.54) is 3.57 Å². The Hall–Kier alpha value is -0.630. The number of carbonyl (C=O) groups is 1. The summed E-state index contributed by atoms with van der Waals surface area (Å²) in [6.45, 7) is 8.06. The van der Waals surface area contributed by atoms with Crippen molar-refractivity contribution in [3.05, 3.63) is 16.0 Å². The number of nitrogens with zero attached hydrogens (tertiary/aromatic N) is 2. The van der Waals surface area contributed by atoms with Gasteiger partial charge < -0.3 is 10.1 Å². The Labute approximate surface area is 115 Å². The molecular weight excluding hydrogens is 333 g/mol. The number of nitrogens with one attached hydrogen (secondary N) is 1. The quantitative estimate of drug-likeness (QED) is 0.650. The van der Waals surface area contributed by atoms with Crippen LogP contribution in [0.4, 0.5) is 0 Å². The van der Waals surface area contributed by atoms with Crippen molar-refractivity contribution in [1.29, 1.82) is 0 Å². The first-order chi connectivity index (χ1) is 7.92. The molecule has 0 unspecified atom stereocenters. The van der Waals surface area contributed by atoms with Gasteiger partial charge in [-0.15, -0.1) is 0 Å². The summed E-state index contributed by atoms with van der Waals surface area (Å²) in [4.78, 5) is 9.60. The normalized spacial score (nSPS) is 15.5. The summed E-state index contributed by atoms with van der Waals surface area (Å²) in [6.07, 6.45) is 3.96. The second-order valence-corrected chi connectivity index (χ2v) is 6.02. The largest absolute Gasteiger partial charge is 0.462 e. The molecule has 1 aliphatic heterocycles. The van der Waals surface area contributed by atoms with Crippen molar-refractivity contribution in [1.82, 2.24) is 15.1 Å². The Balaban J connectivity index is 0.000000185. The lowest BCUT2D eigenvalue weighted by atomic mass is 10.2. The minimum absolute atomic E-state index is 0.318. The SMILES string of the molecule is CC(C)(C)OC=O.Ic1cnn(C2CNC2)c1. The molecule has 0 radical (unpaired) electrons. The number of rotatable bonds is 2. The number of halogens is 1. The molecule has 0 saturated carbocycles. The molecule has 1 aromatic heterocycles. The summed E-state index contributed by atoms with van der Waals surface area (Å²) in [6, 6.07) is 0.600. The highest BCUT2D eigenvalue weighted by molar-refractivity contribution is 14.1. The number of hydrogen-bond donors (Lipinski definition) is 1. The molecule has 0 atom stereocenters. The smallest absolute Gasteiger partial charge is 0.293 e. The van der Waals surface area contributed by atoms with Gasteiger partial charge in [-0.1, -0.05) is 0 Å². The number of carbonyl (C=O) groups excluding carboxylic acids is 1. The van der Waals surface area contributed by atoms with E-state index < -0.39 is 0 Å². The molecule has 0 spiro atoms. The third-order valence-electron chi connectivity index (χ3n) is 2.11. The van der Waals surface area contributed by atoms with E-state index in [2.05, 4.69) is 43.9 Å². The van der Waals surface area contributed by atoms with Crippen molar-refractivity contribution >= 4 is 29.1 Å². The molecule has 6 heteroatoms. The van der Waals surface area contributed by atoms with Gasteiger partial charge in [-0.3, -0.25) is 9.48 Å². The van der Waals surface area contributed by atoms with Crippen LogP contribution in [0.2, 0.25) is 0 Å². The molecule has 0 amide bonds. The van der Waals surface area contributed by atoms with Crippen LogP contribution in [0.25, 0.3) is 0 Å². The Morgan fingerprint density at radius 3 is 2.47 bits per heavy atom. The van der Waals surface area contributed by atoms with Crippen LogP contribution in [0.1, 0.15) is 26.8 Å². The lowest BCUT2D eigenvalue weighted by molar-refractivity contribution is -0.138. The van der Waals surface area contributed by atoms with Crippen LogP contribution < -0.4 is 5.32 Å². The van der Waals surface area contributed by atoms with Gasteiger partial charge in [0.25, 0.3) is 6.47 Å². The fraction of sp³-hybridized carbons (Fsp3) is 0.636. The van der Waals surface area contributed by atoms with Crippen molar-refractivity contribution in [3.8, 4) is 0 Å². The van der Waals surface area contributed by atoms with Crippen LogP contribution >= 0.6 is 22.6 Å². The van der Waals surface area contributed by atoms with Gasteiger partial charge in [-0.2, -0.15) is 5.10 Å². The van der Waals surface area contributed by atoms with Crippen LogP contribution in [0, 0.1) is 3.57 Å². The second-order valence-electron chi connectivity index (χ2n) is 4.78. The predicted molar refractivity (Wildman–Crippen MR) is 73.8 cm³/mol. The third kappa shape index (κ3) is 5.49. The summed E-state index contributed by atoms with van der Waals surface area (Å²) in [7, 11) is 0. The van der Waals surface area contributed by atoms with Gasteiger partial charge in [0.1, 0.15) is 5.60 Å². The molecule has 1 N–H and O–H groups in total. The van der Waals surface area contributed by atoms with Crippen molar-refractivity contribution in [2.24, 2.45) is 0 Å². The number of ether oxygens (including phenoxy) is 1. The maximum atomic E-state index is 9.60. The zero-order valence-corrected chi connectivity index (χ0v) is 12.5. The standard InChI is InChI=1S/C6H8IN3.C5H10O2/c7-5-1-9-10(4-5)6-2-8-3-6;1-5(2,3)7-4-6/h1,4,6,8H,2-3H2;4H,1-3H3. The molecule has 96 valence electrons. The van der Waals surface area contributed by atoms with Crippen LogP contribution in [0.5, 0.6) is 0 Å². The molecular formula is C11H18IN3O2. The van der Waals surface area contributed by atoms with Crippen LogP contribution in [0.3, 0.4) is 0 Å². The highest BCUT2D eigenvalue weighted by atomic mass is 127. The van der Waals surface area contributed by atoms with Crippen molar-refractivity contribution in [3.63, 3.8) is 0 Å². The van der Waals surface area contributed by atoms with E-state index in [4.69, 9.17) is 0 Å². The second kappa shape index (κ2) is 6.34. The van der Waals surface area contributed by atoms with Crippen molar-refractivity contribution < 1.29 is 9.53 Å². The first kappa shape index (κ1) is 14.4. The van der Waals surface area contributed by atoms with E-state index in [9.17, 15) is 4.79 Å². The fourth-order valence-corrected chi connectivity index (χ4v) is 1.53. The average Bonchev–Trinajstić information content (AvgIpc) is 2.47. The van der Waals surface area contributed by atoms with Crippen LogP contribution in [-0.2, 0) is 9.53 Å². The molecule has 2 heterocycles. The van der Waals surface area contributed by atoms with Crippen molar-refractivity contribution in [2.75, 3.05) is 13.1 Å². The van der Waals surface area contributed by atoms with Crippen LogP contribution in [-0.4, -0.2) is 34.9 Å². The molecule has 1 aromatic rings. The van der Waals surface area contributed by atoms with E-state index in [1.807, 2.05) is 31.6 Å². The zero-order valence-electron chi connectivity index (χ0n) is 10.3.